The summed E-state index contributed by atoms with van der Waals surface area (Å²) in [5.74, 6) is -0.517. The van der Waals surface area contributed by atoms with E-state index in [0.717, 1.165) is 29.5 Å². The van der Waals surface area contributed by atoms with Gasteiger partial charge in [-0.05, 0) is 54.3 Å². The van der Waals surface area contributed by atoms with Crippen molar-refractivity contribution in [2.45, 2.75) is 28.6 Å². The molecule has 0 radical (unpaired) electrons. The van der Waals surface area contributed by atoms with Crippen LogP contribution in [0.1, 0.15) is 23.5 Å². The number of carbonyl (C=O) groups is 1. The van der Waals surface area contributed by atoms with Gasteiger partial charge in [0.2, 0.25) is 5.91 Å². The van der Waals surface area contributed by atoms with Crippen molar-refractivity contribution in [1.29, 1.82) is 0 Å². The molecule has 1 aliphatic carbocycles. The summed E-state index contributed by atoms with van der Waals surface area (Å²) < 4.78 is 55.3. The van der Waals surface area contributed by atoms with Gasteiger partial charge >= 0.3 is 0 Å². The smallest absolute Gasteiger partial charge is 0.264 e. The van der Waals surface area contributed by atoms with E-state index in [4.69, 9.17) is 4.74 Å². The first-order chi connectivity index (χ1) is 12.6. The highest BCUT2D eigenvalue weighted by Crippen LogP contribution is 2.38. The Kier molecular flexibility index (Phi) is 5.00. The van der Waals surface area contributed by atoms with E-state index in [2.05, 4.69) is 4.72 Å². The van der Waals surface area contributed by atoms with Gasteiger partial charge in [-0.3, -0.25) is 4.79 Å². The van der Waals surface area contributed by atoms with Crippen LogP contribution in [0.25, 0.3) is 0 Å². The highest BCUT2D eigenvalue weighted by Gasteiger charge is 2.33. The fraction of sp³-hybridized carbons (Fsp3) is 0.278. The molecule has 7 nitrogen and oxygen atoms in total. The fourth-order valence-electron chi connectivity index (χ4n) is 3.21. The highest BCUT2D eigenvalue weighted by molar-refractivity contribution is 7.91. The molecule has 0 aromatic heterocycles. The number of amides is 1. The minimum absolute atomic E-state index is 0.00425. The van der Waals surface area contributed by atoms with E-state index in [9.17, 15) is 21.6 Å². The summed E-state index contributed by atoms with van der Waals surface area (Å²) in [4.78, 5) is 12.4. The van der Waals surface area contributed by atoms with Crippen LogP contribution in [-0.4, -0.2) is 36.1 Å². The number of ether oxygens (including phenoxy) is 1. The first-order valence-electron chi connectivity index (χ1n) is 8.16. The van der Waals surface area contributed by atoms with Crippen molar-refractivity contribution < 1.29 is 26.4 Å². The van der Waals surface area contributed by atoms with Crippen molar-refractivity contribution in [1.82, 2.24) is 4.72 Å². The number of fused-ring (bicyclic) bond motifs is 1. The first kappa shape index (κ1) is 19.4. The molecule has 1 unspecified atom stereocenters. The third-order valence-corrected chi connectivity index (χ3v) is 7.05. The zero-order valence-corrected chi connectivity index (χ0v) is 16.4. The Morgan fingerprint density at radius 3 is 2.26 bits per heavy atom. The topological polar surface area (TPSA) is 107 Å². The molecular formula is C18H19NO6S2. The van der Waals surface area contributed by atoms with E-state index < -0.39 is 31.7 Å². The van der Waals surface area contributed by atoms with Gasteiger partial charge in [0.25, 0.3) is 10.0 Å². The molecule has 27 heavy (non-hydrogen) atoms. The van der Waals surface area contributed by atoms with E-state index in [-0.39, 0.29) is 9.79 Å². The third-order valence-electron chi connectivity index (χ3n) is 4.56. The van der Waals surface area contributed by atoms with Crippen LogP contribution in [0.4, 0.5) is 0 Å². The summed E-state index contributed by atoms with van der Waals surface area (Å²) >= 11 is 0. The molecule has 1 aliphatic rings. The van der Waals surface area contributed by atoms with E-state index in [1.807, 2.05) is 0 Å². The summed E-state index contributed by atoms with van der Waals surface area (Å²) in [6, 6.07) is 10.1. The van der Waals surface area contributed by atoms with Crippen LogP contribution in [0.5, 0.6) is 5.75 Å². The van der Waals surface area contributed by atoms with Gasteiger partial charge in [0.05, 0.1) is 22.8 Å². The lowest BCUT2D eigenvalue weighted by Crippen LogP contribution is -2.34. The number of sulfone groups is 1. The van der Waals surface area contributed by atoms with Crippen molar-refractivity contribution >= 4 is 25.8 Å². The Balaban J connectivity index is 1.83. The second-order valence-electron chi connectivity index (χ2n) is 6.33. The van der Waals surface area contributed by atoms with E-state index in [0.29, 0.717) is 18.6 Å². The number of hydrogen-bond donors (Lipinski definition) is 1. The second-order valence-corrected chi connectivity index (χ2v) is 10.0. The molecule has 0 spiro atoms. The lowest BCUT2D eigenvalue weighted by Gasteiger charge is -2.13. The van der Waals surface area contributed by atoms with Crippen molar-refractivity contribution in [2.75, 3.05) is 13.4 Å². The van der Waals surface area contributed by atoms with Gasteiger partial charge in [0.15, 0.2) is 9.84 Å². The lowest BCUT2D eigenvalue weighted by atomic mass is 10.0. The monoisotopic (exact) mass is 409 g/mol. The maximum Gasteiger partial charge on any atom is 0.264 e. The van der Waals surface area contributed by atoms with Crippen LogP contribution in [0.15, 0.2) is 52.3 Å². The number of hydrogen-bond acceptors (Lipinski definition) is 6. The molecule has 0 fully saturated rings. The predicted molar refractivity (Wildman–Crippen MR) is 98.9 cm³/mol. The van der Waals surface area contributed by atoms with E-state index in [1.165, 1.54) is 12.1 Å². The highest BCUT2D eigenvalue weighted by atomic mass is 32.2. The molecule has 0 bridgehead atoms. The molecule has 1 atom stereocenters. The standard InChI is InChI=1S/C18H19NO6S2/c1-25-17-5-3-4-14-15(17)10-11-16(14)18(20)19-27(23,24)13-8-6-12(7-9-13)26(2,21)22/h3-9,16H,10-11H2,1-2H3,(H,19,20). The minimum Gasteiger partial charge on any atom is -0.496 e. The third kappa shape index (κ3) is 3.84. The van der Waals surface area contributed by atoms with Crippen molar-refractivity contribution in [2.24, 2.45) is 0 Å². The minimum atomic E-state index is -4.10. The van der Waals surface area contributed by atoms with E-state index >= 15 is 0 Å². The normalized spacial score (nSPS) is 16.6. The second kappa shape index (κ2) is 6.97. The van der Waals surface area contributed by atoms with Crippen molar-refractivity contribution in [3.8, 4) is 5.75 Å². The number of rotatable bonds is 5. The summed E-state index contributed by atoms with van der Waals surface area (Å²) in [7, 11) is -5.99. The van der Waals surface area contributed by atoms with Crippen molar-refractivity contribution in [3.63, 3.8) is 0 Å². The van der Waals surface area contributed by atoms with Crippen LogP contribution in [0.3, 0.4) is 0 Å². The maximum atomic E-state index is 12.6. The number of nitrogens with one attached hydrogen (secondary N) is 1. The number of benzene rings is 2. The summed E-state index contributed by atoms with van der Waals surface area (Å²) in [5.41, 5.74) is 1.67. The van der Waals surface area contributed by atoms with Gasteiger partial charge in [-0.1, -0.05) is 12.1 Å². The number of methoxy groups -OCH3 is 1. The average molecular weight is 409 g/mol. The molecular weight excluding hydrogens is 390 g/mol. The molecule has 0 saturated heterocycles. The largest absolute Gasteiger partial charge is 0.496 e. The van der Waals surface area contributed by atoms with Crippen LogP contribution in [0, 0.1) is 0 Å². The Hall–Kier alpha value is -2.39. The molecule has 1 amide bonds. The van der Waals surface area contributed by atoms with Gasteiger partial charge in [-0.15, -0.1) is 0 Å². The van der Waals surface area contributed by atoms with Gasteiger partial charge in [-0.25, -0.2) is 21.6 Å². The number of carbonyl (C=O) groups excluding carboxylic acids is 1. The van der Waals surface area contributed by atoms with Crippen LogP contribution < -0.4 is 9.46 Å². The first-order valence-corrected chi connectivity index (χ1v) is 11.5. The SMILES string of the molecule is COc1cccc2c1CCC2C(=O)NS(=O)(=O)c1ccc(S(C)(=O)=O)cc1. The van der Waals surface area contributed by atoms with Gasteiger partial charge in [-0.2, -0.15) is 0 Å². The Morgan fingerprint density at radius 1 is 1.04 bits per heavy atom. The fourth-order valence-corrected chi connectivity index (χ4v) is 4.86. The molecule has 0 heterocycles. The van der Waals surface area contributed by atoms with Crippen molar-refractivity contribution in [3.05, 3.63) is 53.6 Å². The molecule has 1 N–H and O–H groups in total. The predicted octanol–water partition coefficient (Wildman–Crippen LogP) is 1.63. The Bertz CT molecular complexity index is 1090. The average Bonchev–Trinajstić information content (AvgIpc) is 3.05. The lowest BCUT2D eigenvalue weighted by molar-refractivity contribution is -0.120. The summed E-state index contributed by atoms with van der Waals surface area (Å²) in [6.07, 6.45) is 2.15. The summed E-state index contributed by atoms with van der Waals surface area (Å²) in [5, 5.41) is 0. The quantitative estimate of drug-likeness (QED) is 0.804. The number of sulfonamides is 1. The molecule has 2 aromatic rings. The van der Waals surface area contributed by atoms with Crippen LogP contribution >= 0.6 is 0 Å². The molecule has 9 heteroatoms. The van der Waals surface area contributed by atoms with Gasteiger partial charge in [0, 0.05) is 6.26 Å². The van der Waals surface area contributed by atoms with Gasteiger partial charge < -0.3 is 4.74 Å². The summed E-state index contributed by atoms with van der Waals surface area (Å²) in [6.45, 7) is 0. The van der Waals surface area contributed by atoms with Crippen LogP contribution in [-0.2, 0) is 31.1 Å². The molecule has 3 rings (SSSR count). The molecule has 144 valence electrons. The maximum absolute atomic E-state index is 12.6. The zero-order chi connectivity index (χ0) is 19.8. The van der Waals surface area contributed by atoms with E-state index in [1.54, 1.807) is 25.3 Å². The Labute approximate surface area is 158 Å². The van der Waals surface area contributed by atoms with Crippen LogP contribution in [0.2, 0.25) is 0 Å². The molecule has 2 aromatic carbocycles. The zero-order valence-electron chi connectivity index (χ0n) is 14.8. The Morgan fingerprint density at radius 2 is 1.67 bits per heavy atom. The molecule has 0 saturated carbocycles. The van der Waals surface area contributed by atoms with Gasteiger partial charge in [0.1, 0.15) is 5.75 Å². The molecule has 0 aliphatic heterocycles.